The number of amides is 1. The highest BCUT2D eigenvalue weighted by Gasteiger charge is 2.33. The Morgan fingerprint density at radius 2 is 1.65 bits per heavy atom. The molecule has 3 aromatic rings. The standard InChI is InChI=1S/C21H19F3N4O5S/c22-21(23,24)16-1-4-18(5-2-16)34(32,33)27-11-9-25(10-12-27)20(29)14-26-8-7-15-13-17(28(30)31)3-6-19(15)26/h1-8,13H,9-12,14H2. The summed E-state index contributed by atoms with van der Waals surface area (Å²) in [6.45, 7) is 0.251. The molecule has 0 saturated carbocycles. The quantitative estimate of drug-likeness (QED) is 0.399. The van der Waals surface area contributed by atoms with Gasteiger partial charge >= 0.3 is 6.18 Å². The van der Waals surface area contributed by atoms with Crippen molar-refractivity contribution in [1.29, 1.82) is 0 Å². The number of benzene rings is 2. The van der Waals surface area contributed by atoms with E-state index in [1.54, 1.807) is 22.9 Å². The molecule has 0 radical (unpaired) electrons. The first-order chi connectivity index (χ1) is 16.0. The number of non-ortho nitro benzene ring substituents is 1. The van der Waals surface area contributed by atoms with Crippen LogP contribution in [-0.4, -0.2) is 59.2 Å². The van der Waals surface area contributed by atoms with Crippen LogP contribution < -0.4 is 0 Å². The minimum Gasteiger partial charge on any atom is -0.339 e. The molecule has 1 fully saturated rings. The van der Waals surface area contributed by atoms with Gasteiger partial charge in [0, 0.05) is 55.4 Å². The van der Waals surface area contributed by atoms with E-state index in [-0.39, 0.29) is 49.2 Å². The molecule has 0 atom stereocenters. The van der Waals surface area contributed by atoms with E-state index in [4.69, 9.17) is 0 Å². The van der Waals surface area contributed by atoms with Crippen molar-refractivity contribution >= 4 is 32.5 Å². The van der Waals surface area contributed by atoms with Crippen LogP contribution in [0, 0.1) is 10.1 Å². The van der Waals surface area contributed by atoms with Crippen molar-refractivity contribution in [3.05, 3.63) is 70.4 Å². The summed E-state index contributed by atoms with van der Waals surface area (Å²) >= 11 is 0. The third-order valence-corrected chi connectivity index (χ3v) is 7.59. The number of rotatable bonds is 5. The number of hydrogen-bond donors (Lipinski definition) is 0. The van der Waals surface area contributed by atoms with Gasteiger partial charge in [-0.25, -0.2) is 8.42 Å². The zero-order valence-electron chi connectivity index (χ0n) is 17.6. The molecule has 34 heavy (non-hydrogen) atoms. The van der Waals surface area contributed by atoms with Crippen molar-refractivity contribution in [3.63, 3.8) is 0 Å². The van der Waals surface area contributed by atoms with Gasteiger partial charge in [0.25, 0.3) is 5.69 Å². The van der Waals surface area contributed by atoms with Crippen LogP contribution in [0.4, 0.5) is 18.9 Å². The molecule has 180 valence electrons. The molecule has 4 rings (SSSR count). The van der Waals surface area contributed by atoms with Gasteiger partial charge in [0.05, 0.1) is 15.4 Å². The van der Waals surface area contributed by atoms with Gasteiger partial charge in [-0.2, -0.15) is 17.5 Å². The second kappa shape index (κ2) is 8.72. The number of sulfonamides is 1. The highest BCUT2D eigenvalue weighted by Crippen LogP contribution is 2.30. The Kier molecular flexibility index (Phi) is 6.08. The fourth-order valence-electron chi connectivity index (χ4n) is 3.83. The van der Waals surface area contributed by atoms with E-state index in [2.05, 4.69) is 0 Å². The van der Waals surface area contributed by atoms with Crippen molar-refractivity contribution in [2.75, 3.05) is 26.2 Å². The first kappa shape index (κ1) is 23.7. The predicted octanol–water partition coefficient (Wildman–Crippen LogP) is 3.10. The van der Waals surface area contributed by atoms with Crippen LogP contribution in [0.2, 0.25) is 0 Å². The number of piperazine rings is 1. The summed E-state index contributed by atoms with van der Waals surface area (Å²) < 4.78 is 66.6. The lowest BCUT2D eigenvalue weighted by Gasteiger charge is -2.34. The molecule has 13 heteroatoms. The molecule has 0 spiro atoms. The number of hydrogen-bond acceptors (Lipinski definition) is 5. The van der Waals surface area contributed by atoms with Gasteiger partial charge in [0.15, 0.2) is 0 Å². The van der Waals surface area contributed by atoms with Crippen molar-refractivity contribution in [1.82, 2.24) is 13.8 Å². The SMILES string of the molecule is O=C(Cn1ccc2cc([N+](=O)[O-])ccc21)N1CCN(S(=O)(=O)c2ccc(C(F)(F)F)cc2)CC1. The maximum absolute atomic E-state index is 12.8. The van der Waals surface area contributed by atoms with Crippen LogP contribution in [0.3, 0.4) is 0 Å². The van der Waals surface area contributed by atoms with Gasteiger partial charge < -0.3 is 9.47 Å². The summed E-state index contributed by atoms with van der Waals surface area (Å²) in [5.74, 6) is -0.248. The fourth-order valence-corrected chi connectivity index (χ4v) is 5.25. The largest absolute Gasteiger partial charge is 0.416 e. The van der Waals surface area contributed by atoms with Crippen molar-refractivity contribution < 1.29 is 31.3 Å². The van der Waals surface area contributed by atoms with Crippen LogP contribution in [0.1, 0.15) is 5.56 Å². The minimum atomic E-state index is -4.56. The molecule has 0 aliphatic carbocycles. The molecule has 1 aliphatic heterocycles. The Morgan fingerprint density at radius 3 is 2.24 bits per heavy atom. The fraction of sp³-hybridized carbons (Fsp3) is 0.286. The van der Waals surface area contributed by atoms with Crippen LogP contribution >= 0.6 is 0 Å². The molecular weight excluding hydrogens is 477 g/mol. The highest BCUT2D eigenvalue weighted by atomic mass is 32.2. The van der Waals surface area contributed by atoms with Gasteiger partial charge in [-0.3, -0.25) is 14.9 Å². The monoisotopic (exact) mass is 496 g/mol. The zero-order valence-corrected chi connectivity index (χ0v) is 18.4. The van der Waals surface area contributed by atoms with Crippen LogP contribution in [-0.2, 0) is 27.5 Å². The predicted molar refractivity (Wildman–Crippen MR) is 115 cm³/mol. The summed E-state index contributed by atoms with van der Waals surface area (Å²) in [4.78, 5) is 24.5. The number of aromatic nitrogens is 1. The third kappa shape index (κ3) is 4.61. The van der Waals surface area contributed by atoms with Crippen LogP contribution in [0.25, 0.3) is 10.9 Å². The van der Waals surface area contributed by atoms with E-state index < -0.39 is 26.7 Å². The summed E-state index contributed by atoms with van der Waals surface area (Å²) in [5.41, 5.74) is -0.335. The Labute approximate surface area is 192 Å². The molecule has 1 saturated heterocycles. The van der Waals surface area contributed by atoms with Gasteiger partial charge in [0.2, 0.25) is 15.9 Å². The van der Waals surface area contributed by atoms with Crippen molar-refractivity contribution in [2.24, 2.45) is 0 Å². The minimum absolute atomic E-state index is 0.00766. The van der Waals surface area contributed by atoms with Gasteiger partial charge in [-0.05, 0) is 36.4 Å². The first-order valence-corrected chi connectivity index (χ1v) is 11.6. The number of carbonyl (C=O) groups excluding carboxylic acids is 1. The normalized spacial score (nSPS) is 15.6. The molecular formula is C21H19F3N4O5S. The lowest BCUT2D eigenvalue weighted by Crippen LogP contribution is -2.51. The topological polar surface area (TPSA) is 106 Å². The summed E-state index contributed by atoms with van der Waals surface area (Å²) in [7, 11) is -4.00. The Bertz CT molecular complexity index is 1340. The number of alkyl halides is 3. The molecule has 0 bridgehead atoms. The van der Waals surface area contributed by atoms with Gasteiger partial charge in [-0.1, -0.05) is 0 Å². The highest BCUT2D eigenvalue weighted by molar-refractivity contribution is 7.89. The number of carbonyl (C=O) groups is 1. The Hall–Kier alpha value is -3.45. The van der Waals surface area contributed by atoms with E-state index in [0.29, 0.717) is 10.9 Å². The maximum atomic E-state index is 12.8. The molecule has 0 N–H and O–H groups in total. The number of nitrogens with zero attached hydrogens (tertiary/aromatic N) is 4. The smallest absolute Gasteiger partial charge is 0.339 e. The van der Waals surface area contributed by atoms with Crippen molar-refractivity contribution in [3.8, 4) is 0 Å². The third-order valence-electron chi connectivity index (χ3n) is 5.68. The first-order valence-electron chi connectivity index (χ1n) is 10.2. The number of fused-ring (bicyclic) bond motifs is 1. The lowest BCUT2D eigenvalue weighted by molar-refractivity contribution is -0.384. The second-order valence-corrected chi connectivity index (χ2v) is 9.69. The van der Waals surface area contributed by atoms with Crippen LogP contribution in [0.5, 0.6) is 0 Å². The lowest BCUT2D eigenvalue weighted by atomic mass is 10.2. The summed E-state index contributed by atoms with van der Waals surface area (Å²) in [6.07, 6.45) is -2.91. The second-order valence-electron chi connectivity index (χ2n) is 7.75. The molecule has 1 aromatic heterocycles. The van der Waals surface area contributed by atoms with Gasteiger partial charge in [-0.15, -0.1) is 0 Å². The maximum Gasteiger partial charge on any atom is 0.416 e. The molecule has 2 heterocycles. The van der Waals surface area contributed by atoms with Gasteiger partial charge in [0.1, 0.15) is 6.54 Å². The average Bonchev–Trinajstić information content (AvgIpc) is 3.20. The molecule has 9 nitrogen and oxygen atoms in total. The zero-order chi connectivity index (χ0) is 24.7. The summed E-state index contributed by atoms with van der Waals surface area (Å²) in [5, 5.41) is 11.5. The van der Waals surface area contributed by atoms with E-state index >= 15 is 0 Å². The van der Waals surface area contributed by atoms with E-state index in [9.17, 15) is 36.5 Å². The molecule has 2 aromatic carbocycles. The molecule has 0 unspecified atom stereocenters. The van der Waals surface area contributed by atoms with Crippen molar-refractivity contribution in [2.45, 2.75) is 17.6 Å². The van der Waals surface area contributed by atoms with Crippen LogP contribution in [0.15, 0.2) is 59.6 Å². The molecule has 1 amide bonds. The van der Waals surface area contributed by atoms with E-state index in [0.717, 1.165) is 28.6 Å². The van der Waals surface area contributed by atoms with E-state index in [1.807, 2.05) is 0 Å². The number of nitro groups is 1. The number of nitro benzene ring substituents is 1. The summed E-state index contributed by atoms with van der Waals surface area (Å²) in [6, 6.07) is 9.31. The molecule has 1 aliphatic rings. The Morgan fingerprint density at radius 1 is 1.00 bits per heavy atom. The Balaban J connectivity index is 1.40. The van der Waals surface area contributed by atoms with E-state index in [1.165, 1.54) is 17.0 Å². The average molecular weight is 496 g/mol. The number of halogens is 3.